The summed E-state index contributed by atoms with van der Waals surface area (Å²) in [4.78, 5) is 12.2. The van der Waals surface area contributed by atoms with Gasteiger partial charge >= 0.3 is 0 Å². The maximum absolute atomic E-state index is 13.3. The minimum atomic E-state index is -0.400. The van der Waals surface area contributed by atoms with Crippen LogP contribution in [0.25, 0.3) is 0 Å². The van der Waals surface area contributed by atoms with Crippen LogP contribution in [0.1, 0.15) is 46.8 Å². The molecule has 0 unspecified atom stereocenters. The number of nitrogens with zero attached hydrogens (tertiary/aromatic N) is 3. The fourth-order valence-electron chi connectivity index (χ4n) is 2.95. The lowest BCUT2D eigenvalue weighted by molar-refractivity contribution is 0.0953. The molecule has 1 aromatic heterocycles. The first-order valence-electron chi connectivity index (χ1n) is 8.10. The number of hydrogen-bond donors (Lipinski definition) is 1. The van der Waals surface area contributed by atoms with Crippen molar-refractivity contribution in [2.45, 2.75) is 45.6 Å². The Labute approximate surface area is 134 Å². The number of aryl methyl sites for hydroxylation is 2. The van der Waals surface area contributed by atoms with Gasteiger partial charge in [0, 0.05) is 31.5 Å². The van der Waals surface area contributed by atoms with E-state index in [1.54, 1.807) is 13.0 Å². The summed E-state index contributed by atoms with van der Waals surface area (Å²) in [5.41, 5.74) is 1.14. The summed E-state index contributed by atoms with van der Waals surface area (Å²) in [6.07, 6.45) is 5.13. The van der Waals surface area contributed by atoms with Crippen LogP contribution in [-0.4, -0.2) is 27.2 Å². The second kappa shape index (κ2) is 6.89. The second-order valence-electron chi connectivity index (χ2n) is 5.96. The minimum Gasteiger partial charge on any atom is -0.352 e. The average Bonchev–Trinajstić information content (AvgIpc) is 2.77. The van der Waals surface area contributed by atoms with Crippen molar-refractivity contribution in [1.82, 2.24) is 20.1 Å². The number of fused-ring (bicyclic) bond motifs is 1. The SMILES string of the molecule is Cc1ccc(F)cc1C(=O)NCCc1nnc2n1CCCCC2. The molecule has 2 aromatic rings. The van der Waals surface area contributed by atoms with Gasteiger partial charge in [-0.3, -0.25) is 4.79 Å². The van der Waals surface area contributed by atoms with Crippen LogP contribution in [0.3, 0.4) is 0 Å². The molecule has 5 nitrogen and oxygen atoms in total. The number of carbonyl (C=O) groups excluding carboxylic acids is 1. The Balaban J connectivity index is 1.60. The van der Waals surface area contributed by atoms with Gasteiger partial charge in [-0.05, 0) is 37.5 Å². The van der Waals surface area contributed by atoms with Gasteiger partial charge in [-0.1, -0.05) is 12.5 Å². The van der Waals surface area contributed by atoms with Crippen LogP contribution >= 0.6 is 0 Å². The van der Waals surface area contributed by atoms with Crippen LogP contribution in [0.5, 0.6) is 0 Å². The van der Waals surface area contributed by atoms with Crippen LogP contribution < -0.4 is 5.32 Å². The molecule has 0 fully saturated rings. The molecule has 1 N–H and O–H groups in total. The van der Waals surface area contributed by atoms with E-state index < -0.39 is 5.82 Å². The van der Waals surface area contributed by atoms with Gasteiger partial charge in [-0.25, -0.2) is 4.39 Å². The topological polar surface area (TPSA) is 59.8 Å². The quantitative estimate of drug-likeness (QED) is 0.942. The van der Waals surface area contributed by atoms with Crippen molar-refractivity contribution in [1.29, 1.82) is 0 Å². The fourth-order valence-corrected chi connectivity index (χ4v) is 2.95. The largest absolute Gasteiger partial charge is 0.352 e. The van der Waals surface area contributed by atoms with E-state index in [2.05, 4.69) is 20.1 Å². The molecular formula is C17H21FN4O. The van der Waals surface area contributed by atoms with Crippen LogP contribution in [0.15, 0.2) is 18.2 Å². The van der Waals surface area contributed by atoms with Crippen molar-refractivity contribution in [3.05, 3.63) is 46.8 Å². The van der Waals surface area contributed by atoms with Crippen molar-refractivity contribution in [2.75, 3.05) is 6.54 Å². The first kappa shape index (κ1) is 15.6. The van der Waals surface area contributed by atoms with Crippen LogP contribution in [0.2, 0.25) is 0 Å². The number of carbonyl (C=O) groups is 1. The number of halogens is 1. The summed E-state index contributed by atoms with van der Waals surface area (Å²) < 4.78 is 15.5. The fraction of sp³-hybridized carbons (Fsp3) is 0.471. The molecule has 3 rings (SSSR count). The summed E-state index contributed by atoms with van der Waals surface area (Å²) in [7, 11) is 0. The lowest BCUT2D eigenvalue weighted by Gasteiger charge is -2.09. The van der Waals surface area contributed by atoms with Gasteiger partial charge in [0.2, 0.25) is 0 Å². The predicted octanol–water partition coefficient (Wildman–Crippen LogP) is 2.42. The minimum absolute atomic E-state index is 0.252. The summed E-state index contributed by atoms with van der Waals surface area (Å²) in [5.74, 6) is 1.31. The number of hydrogen-bond acceptors (Lipinski definition) is 3. The van der Waals surface area contributed by atoms with E-state index in [-0.39, 0.29) is 5.91 Å². The van der Waals surface area contributed by atoms with Crippen molar-refractivity contribution in [2.24, 2.45) is 0 Å². The molecule has 0 spiro atoms. The van der Waals surface area contributed by atoms with E-state index in [0.717, 1.165) is 43.0 Å². The second-order valence-corrected chi connectivity index (χ2v) is 5.96. The Morgan fingerprint density at radius 1 is 1.30 bits per heavy atom. The lowest BCUT2D eigenvalue weighted by Crippen LogP contribution is -2.27. The maximum Gasteiger partial charge on any atom is 0.251 e. The Hall–Kier alpha value is -2.24. The molecule has 1 aliphatic heterocycles. The monoisotopic (exact) mass is 316 g/mol. The highest BCUT2D eigenvalue weighted by Gasteiger charge is 2.15. The summed E-state index contributed by atoms with van der Waals surface area (Å²) in [6.45, 7) is 3.22. The third-order valence-electron chi connectivity index (χ3n) is 4.26. The molecule has 2 heterocycles. The molecule has 0 aliphatic carbocycles. The molecule has 0 atom stereocenters. The molecule has 1 aliphatic rings. The lowest BCUT2D eigenvalue weighted by atomic mass is 10.1. The van der Waals surface area contributed by atoms with Crippen LogP contribution in [0, 0.1) is 12.7 Å². The normalized spacial score (nSPS) is 14.2. The van der Waals surface area contributed by atoms with E-state index in [4.69, 9.17) is 0 Å². The van der Waals surface area contributed by atoms with Crippen LogP contribution in [-0.2, 0) is 19.4 Å². The molecule has 1 aromatic carbocycles. The van der Waals surface area contributed by atoms with Crippen molar-refractivity contribution in [3.8, 4) is 0 Å². The zero-order valence-corrected chi connectivity index (χ0v) is 13.3. The van der Waals surface area contributed by atoms with Gasteiger partial charge < -0.3 is 9.88 Å². The highest BCUT2D eigenvalue weighted by Crippen LogP contribution is 2.14. The van der Waals surface area contributed by atoms with Gasteiger partial charge in [0.15, 0.2) is 0 Å². The van der Waals surface area contributed by atoms with Crippen molar-refractivity contribution in [3.63, 3.8) is 0 Å². The molecule has 6 heteroatoms. The molecule has 0 radical (unpaired) electrons. The standard InChI is InChI=1S/C17H21FN4O/c1-12-6-7-13(18)11-14(12)17(23)19-9-8-16-21-20-15-5-3-2-4-10-22(15)16/h6-7,11H,2-5,8-10H2,1H3,(H,19,23). The van der Waals surface area contributed by atoms with Crippen molar-refractivity contribution >= 4 is 5.91 Å². The Kier molecular flexibility index (Phi) is 4.69. The van der Waals surface area contributed by atoms with Gasteiger partial charge in [0.1, 0.15) is 17.5 Å². The van der Waals surface area contributed by atoms with Crippen LogP contribution in [0.4, 0.5) is 4.39 Å². The molecule has 0 saturated carbocycles. The first-order chi connectivity index (χ1) is 11.1. The zero-order chi connectivity index (χ0) is 16.2. The van der Waals surface area contributed by atoms with Crippen molar-refractivity contribution < 1.29 is 9.18 Å². The summed E-state index contributed by atoms with van der Waals surface area (Å²) in [6, 6.07) is 4.24. The smallest absolute Gasteiger partial charge is 0.251 e. The molecule has 0 bridgehead atoms. The highest BCUT2D eigenvalue weighted by molar-refractivity contribution is 5.95. The zero-order valence-electron chi connectivity index (χ0n) is 13.3. The molecule has 0 saturated heterocycles. The van der Waals surface area contributed by atoms with E-state index in [1.165, 1.54) is 18.6 Å². The Morgan fingerprint density at radius 3 is 3.04 bits per heavy atom. The molecular weight excluding hydrogens is 295 g/mol. The number of benzene rings is 1. The third-order valence-corrected chi connectivity index (χ3v) is 4.26. The number of amides is 1. The van der Waals surface area contributed by atoms with E-state index >= 15 is 0 Å². The molecule has 1 amide bonds. The third kappa shape index (κ3) is 3.57. The molecule has 122 valence electrons. The van der Waals surface area contributed by atoms with E-state index in [1.807, 2.05) is 0 Å². The first-order valence-corrected chi connectivity index (χ1v) is 8.10. The van der Waals surface area contributed by atoms with Gasteiger partial charge in [-0.15, -0.1) is 10.2 Å². The highest BCUT2D eigenvalue weighted by atomic mass is 19.1. The van der Waals surface area contributed by atoms with Gasteiger partial charge in [-0.2, -0.15) is 0 Å². The van der Waals surface area contributed by atoms with E-state index in [9.17, 15) is 9.18 Å². The average molecular weight is 316 g/mol. The van der Waals surface area contributed by atoms with Gasteiger partial charge in [0.05, 0.1) is 0 Å². The number of nitrogens with one attached hydrogen (secondary N) is 1. The Morgan fingerprint density at radius 2 is 2.17 bits per heavy atom. The van der Waals surface area contributed by atoms with Gasteiger partial charge in [0.25, 0.3) is 5.91 Å². The number of rotatable bonds is 4. The number of aromatic nitrogens is 3. The maximum atomic E-state index is 13.3. The Bertz CT molecular complexity index is 711. The predicted molar refractivity (Wildman–Crippen MR) is 84.8 cm³/mol. The summed E-state index contributed by atoms with van der Waals surface area (Å²) >= 11 is 0. The summed E-state index contributed by atoms with van der Waals surface area (Å²) in [5, 5.41) is 11.3. The molecule has 23 heavy (non-hydrogen) atoms. The van der Waals surface area contributed by atoms with E-state index in [0.29, 0.717) is 18.5 Å².